The molecule has 0 radical (unpaired) electrons. The Hall–Kier alpha value is -2.38. The van der Waals surface area contributed by atoms with E-state index >= 15 is 0 Å². The number of esters is 2. The molecule has 0 amide bonds. The Balaban J connectivity index is 1.69. The molecule has 7 heteroatoms. The molecule has 7 nitrogen and oxygen atoms in total. The molecule has 1 aromatic rings. The number of aliphatic hydroxyl groups is 2. The fourth-order valence-electron chi connectivity index (χ4n) is 4.23. The molecule has 0 saturated carbocycles. The van der Waals surface area contributed by atoms with Crippen molar-refractivity contribution in [1.82, 2.24) is 0 Å². The average molecular weight is 505 g/mol. The van der Waals surface area contributed by atoms with E-state index in [1.165, 1.54) is 64.2 Å². The Morgan fingerprint density at radius 1 is 0.917 bits per heavy atom. The van der Waals surface area contributed by atoms with Crippen molar-refractivity contribution in [2.75, 3.05) is 6.61 Å². The first kappa shape index (κ1) is 29.8. The molecule has 1 aromatic carbocycles. The van der Waals surface area contributed by atoms with Gasteiger partial charge in [-0.05, 0) is 12.0 Å². The third kappa shape index (κ3) is 11.1. The molecule has 0 bridgehead atoms. The lowest BCUT2D eigenvalue weighted by molar-refractivity contribution is -0.153. The van der Waals surface area contributed by atoms with Crippen LogP contribution in [-0.2, 0) is 30.4 Å². The Labute approximate surface area is 215 Å². The van der Waals surface area contributed by atoms with E-state index in [2.05, 4.69) is 6.92 Å². The summed E-state index contributed by atoms with van der Waals surface area (Å²) in [6.07, 6.45) is 13.3. The number of cyclic esters (lactones) is 1. The van der Waals surface area contributed by atoms with Gasteiger partial charge < -0.3 is 24.4 Å². The number of carbonyl (C=O) groups excluding carboxylic acids is 2. The number of unbranched alkanes of at least 4 members (excludes halogenated alkanes) is 12. The van der Waals surface area contributed by atoms with Crippen molar-refractivity contribution in [3.8, 4) is 0 Å². The van der Waals surface area contributed by atoms with E-state index in [-0.39, 0.29) is 24.5 Å². The summed E-state index contributed by atoms with van der Waals surface area (Å²) in [4.78, 5) is 24.7. The Bertz CT molecular complexity index is 790. The zero-order valence-electron chi connectivity index (χ0n) is 21.8. The van der Waals surface area contributed by atoms with E-state index in [0.29, 0.717) is 6.42 Å². The van der Waals surface area contributed by atoms with Gasteiger partial charge in [0.25, 0.3) is 5.76 Å². The van der Waals surface area contributed by atoms with E-state index in [4.69, 9.17) is 14.2 Å². The number of hydrogen-bond acceptors (Lipinski definition) is 7. The van der Waals surface area contributed by atoms with Crippen LogP contribution in [-0.4, -0.2) is 41.0 Å². The first-order valence-electron chi connectivity index (χ1n) is 13.7. The molecule has 0 aliphatic carbocycles. The molecule has 0 fully saturated rings. The largest absolute Gasteiger partial charge is 0.485 e. The quantitative estimate of drug-likeness (QED) is 0.173. The number of ether oxygens (including phenoxy) is 3. The van der Waals surface area contributed by atoms with Crippen LogP contribution in [0.2, 0.25) is 0 Å². The Morgan fingerprint density at radius 3 is 2.03 bits per heavy atom. The van der Waals surface area contributed by atoms with Crippen LogP contribution in [0.3, 0.4) is 0 Å². The fraction of sp³-hybridized carbons (Fsp3) is 0.655. The first-order chi connectivity index (χ1) is 17.6. The first-order valence-corrected chi connectivity index (χ1v) is 13.7. The van der Waals surface area contributed by atoms with Crippen molar-refractivity contribution in [2.24, 2.45) is 0 Å². The second-order valence-corrected chi connectivity index (χ2v) is 9.51. The SMILES string of the molecule is CCCCCCCCCCCCCCCC(=O)OC1=C(OCc2ccccc2)[C@@H]([C@@H](O)CO)OC1=O. The van der Waals surface area contributed by atoms with Crippen molar-refractivity contribution >= 4 is 11.9 Å². The third-order valence-electron chi connectivity index (χ3n) is 6.38. The van der Waals surface area contributed by atoms with Gasteiger partial charge in [0.15, 0.2) is 11.9 Å². The van der Waals surface area contributed by atoms with Crippen LogP contribution < -0.4 is 0 Å². The maximum absolute atomic E-state index is 12.4. The highest BCUT2D eigenvalue weighted by molar-refractivity contribution is 5.92. The molecular formula is C29H44O7. The van der Waals surface area contributed by atoms with Gasteiger partial charge in [0.05, 0.1) is 6.61 Å². The van der Waals surface area contributed by atoms with E-state index < -0.39 is 30.8 Å². The minimum Gasteiger partial charge on any atom is -0.485 e. The van der Waals surface area contributed by atoms with Crippen molar-refractivity contribution in [2.45, 2.75) is 116 Å². The van der Waals surface area contributed by atoms with Gasteiger partial charge in [0.1, 0.15) is 12.7 Å². The van der Waals surface area contributed by atoms with Crippen LogP contribution in [0, 0.1) is 0 Å². The van der Waals surface area contributed by atoms with Crippen molar-refractivity contribution < 1.29 is 34.0 Å². The Morgan fingerprint density at radius 2 is 1.47 bits per heavy atom. The van der Waals surface area contributed by atoms with Crippen molar-refractivity contribution in [3.63, 3.8) is 0 Å². The van der Waals surface area contributed by atoms with Crippen LogP contribution in [0.15, 0.2) is 41.9 Å². The lowest BCUT2D eigenvalue weighted by Gasteiger charge is -2.18. The average Bonchev–Trinajstić information content (AvgIpc) is 3.20. The molecule has 1 aliphatic rings. The summed E-state index contributed by atoms with van der Waals surface area (Å²) in [6, 6.07) is 9.25. The zero-order chi connectivity index (χ0) is 26.0. The molecule has 0 unspecified atom stereocenters. The summed E-state index contributed by atoms with van der Waals surface area (Å²) in [5.41, 5.74) is 0.833. The predicted molar refractivity (Wildman–Crippen MR) is 138 cm³/mol. The lowest BCUT2D eigenvalue weighted by Crippen LogP contribution is -2.32. The van der Waals surface area contributed by atoms with Crippen LogP contribution in [0.1, 0.15) is 102 Å². The van der Waals surface area contributed by atoms with Crippen LogP contribution in [0.4, 0.5) is 0 Å². The number of aliphatic hydroxyl groups excluding tert-OH is 2. The molecule has 1 aliphatic heterocycles. The van der Waals surface area contributed by atoms with Gasteiger partial charge in [-0.2, -0.15) is 0 Å². The van der Waals surface area contributed by atoms with Gasteiger partial charge in [-0.3, -0.25) is 4.79 Å². The molecule has 202 valence electrons. The van der Waals surface area contributed by atoms with Crippen LogP contribution >= 0.6 is 0 Å². The fourth-order valence-corrected chi connectivity index (χ4v) is 4.23. The Kier molecular flexibility index (Phi) is 14.9. The minimum absolute atomic E-state index is 0.0656. The van der Waals surface area contributed by atoms with E-state index in [1.54, 1.807) is 0 Å². The molecule has 2 rings (SSSR count). The lowest BCUT2D eigenvalue weighted by atomic mass is 10.0. The van der Waals surface area contributed by atoms with Crippen LogP contribution in [0.25, 0.3) is 0 Å². The van der Waals surface area contributed by atoms with Gasteiger partial charge in [0, 0.05) is 6.42 Å². The summed E-state index contributed by atoms with van der Waals surface area (Å²) in [5.74, 6) is -1.83. The number of rotatable bonds is 20. The highest BCUT2D eigenvalue weighted by atomic mass is 16.6. The summed E-state index contributed by atoms with van der Waals surface area (Å²) >= 11 is 0. The highest BCUT2D eigenvalue weighted by Crippen LogP contribution is 2.29. The molecule has 2 N–H and O–H groups in total. The van der Waals surface area contributed by atoms with Crippen LogP contribution in [0.5, 0.6) is 0 Å². The van der Waals surface area contributed by atoms with Gasteiger partial charge in [-0.15, -0.1) is 0 Å². The van der Waals surface area contributed by atoms with E-state index in [9.17, 15) is 19.8 Å². The number of carbonyl (C=O) groups is 2. The van der Waals surface area contributed by atoms with Crippen molar-refractivity contribution in [1.29, 1.82) is 0 Å². The minimum atomic E-state index is -1.38. The third-order valence-corrected chi connectivity index (χ3v) is 6.38. The summed E-state index contributed by atoms with van der Waals surface area (Å²) in [7, 11) is 0. The standard InChI is InChI=1S/C29H44O7/c1-2-3-4-5-6-7-8-9-10-11-12-13-17-20-25(32)35-28-27(26(24(31)21-30)36-29(28)33)34-22-23-18-15-14-16-19-23/h14-16,18-19,24,26,30-31H,2-13,17,20-22H2,1H3/t24-,26+/m0/s1. The summed E-state index contributed by atoms with van der Waals surface area (Å²) in [6.45, 7) is 1.71. The van der Waals surface area contributed by atoms with Gasteiger partial charge in [-0.25, -0.2) is 4.79 Å². The molecule has 1 heterocycles. The summed E-state index contributed by atoms with van der Waals surface area (Å²) in [5, 5.41) is 19.4. The molecular weight excluding hydrogens is 460 g/mol. The zero-order valence-corrected chi connectivity index (χ0v) is 21.8. The van der Waals surface area contributed by atoms with E-state index in [0.717, 1.165) is 18.4 Å². The molecule has 0 saturated heterocycles. The molecule has 2 atom stereocenters. The molecule has 0 spiro atoms. The smallest absolute Gasteiger partial charge is 0.378 e. The monoisotopic (exact) mass is 504 g/mol. The molecule has 0 aromatic heterocycles. The van der Waals surface area contributed by atoms with Gasteiger partial charge >= 0.3 is 11.9 Å². The maximum atomic E-state index is 12.4. The van der Waals surface area contributed by atoms with Gasteiger partial charge in [-0.1, -0.05) is 114 Å². The maximum Gasteiger partial charge on any atom is 0.378 e. The topological polar surface area (TPSA) is 102 Å². The van der Waals surface area contributed by atoms with E-state index in [1.807, 2.05) is 30.3 Å². The van der Waals surface area contributed by atoms with Gasteiger partial charge in [0.2, 0.25) is 0 Å². The molecule has 36 heavy (non-hydrogen) atoms. The summed E-state index contributed by atoms with van der Waals surface area (Å²) < 4.78 is 16.1. The second-order valence-electron chi connectivity index (χ2n) is 9.51. The number of hydrogen-bond donors (Lipinski definition) is 2. The normalized spacial score (nSPS) is 16.2. The predicted octanol–water partition coefficient (Wildman–Crippen LogP) is 5.72. The van der Waals surface area contributed by atoms with Crippen molar-refractivity contribution in [3.05, 3.63) is 47.4 Å². The highest BCUT2D eigenvalue weighted by Gasteiger charge is 2.42. The number of benzene rings is 1. The second kappa shape index (κ2) is 18.0.